The number of hydrogen-bond acceptors (Lipinski definition) is 2. The summed E-state index contributed by atoms with van der Waals surface area (Å²) in [5, 5.41) is 12.9. The second-order valence-electron chi connectivity index (χ2n) is 6.34. The van der Waals surface area contributed by atoms with Crippen molar-refractivity contribution >= 4 is 35.6 Å². The molecule has 2 unspecified atom stereocenters. The Morgan fingerprint density at radius 2 is 1.80 bits per heavy atom. The van der Waals surface area contributed by atoms with E-state index in [2.05, 4.69) is 48.4 Å². The van der Waals surface area contributed by atoms with Gasteiger partial charge in [0.1, 0.15) is 0 Å². The van der Waals surface area contributed by atoms with Crippen molar-refractivity contribution in [2.75, 3.05) is 11.9 Å². The normalized spacial score (nSPS) is 13.7. The number of nitrogens with one attached hydrogen (secondary N) is 1. The summed E-state index contributed by atoms with van der Waals surface area (Å²) in [6.07, 6.45) is 0.282. The van der Waals surface area contributed by atoms with Crippen LogP contribution in [-0.4, -0.2) is 23.7 Å². The highest BCUT2D eigenvalue weighted by atomic mass is 127. The molecule has 2 aromatic rings. The molecule has 0 saturated heterocycles. The fourth-order valence-electron chi connectivity index (χ4n) is 2.67. The lowest BCUT2D eigenvalue weighted by molar-refractivity contribution is 0.175. The fraction of sp³-hybridized carbons (Fsp3) is 0.350. The van der Waals surface area contributed by atoms with Gasteiger partial charge in [0.25, 0.3) is 0 Å². The van der Waals surface area contributed by atoms with E-state index < -0.39 is 0 Å². The number of rotatable bonds is 6. The molecule has 4 N–H and O–H groups in total. The van der Waals surface area contributed by atoms with Gasteiger partial charge in [-0.25, -0.2) is 0 Å². The quantitative estimate of drug-likeness (QED) is 0.349. The van der Waals surface area contributed by atoms with Gasteiger partial charge >= 0.3 is 0 Å². The van der Waals surface area contributed by atoms with Gasteiger partial charge in [0.2, 0.25) is 0 Å². The number of aliphatic imine (C=N–C) groups is 1. The van der Waals surface area contributed by atoms with Crippen molar-refractivity contribution in [3.63, 3.8) is 0 Å². The van der Waals surface area contributed by atoms with Gasteiger partial charge in [0.15, 0.2) is 5.96 Å². The molecule has 2 rings (SSSR count). The van der Waals surface area contributed by atoms with Crippen molar-refractivity contribution in [2.45, 2.75) is 39.2 Å². The van der Waals surface area contributed by atoms with Crippen molar-refractivity contribution in [3.8, 4) is 0 Å². The molecule has 0 amide bonds. The van der Waals surface area contributed by atoms with Gasteiger partial charge in [-0.05, 0) is 56.0 Å². The smallest absolute Gasteiger partial charge is 0.193 e. The predicted molar refractivity (Wildman–Crippen MR) is 117 cm³/mol. The molecule has 2 atom stereocenters. The van der Waals surface area contributed by atoms with Gasteiger partial charge in [-0.3, -0.25) is 4.99 Å². The van der Waals surface area contributed by atoms with Gasteiger partial charge in [-0.15, -0.1) is 24.0 Å². The summed E-state index contributed by atoms with van der Waals surface area (Å²) in [5.74, 6) is 0.538. The van der Waals surface area contributed by atoms with E-state index in [1.807, 2.05) is 24.3 Å². The molecule has 0 heterocycles. The topological polar surface area (TPSA) is 70.6 Å². The van der Waals surface area contributed by atoms with Crippen LogP contribution < -0.4 is 11.1 Å². The van der Waals surface area contributed by atoms with E-state index >= 15 is 0 Å². The second-order valence-corrected chi connectivity index (χ2v) is 6.34. The monoisotopic (exact) mass is 453 g/mol. The molecule has 0 saturated carbocycles. The number of aliphatic hydroxyl groups excluding tert-OH is 1. The minimum atomic E-state index is -0.376. The number of halogens is 1. The minimum absolute atomic E-state index is 0. The van der Waals surface area contributed by atoms with Gasteiger partial charge < -0.3 is 16.2 Å². The first-order valence-corrected chi connectivity index (χ1v) is 8.33. The third-order valence-electron chi connectivity index (χ3n) is 4.16. The molecule has 25 heavy (non-hydrogen) atoms. The molecule has 4 nitrogen and oxygen atoms in total. The van der Waals surface area contributed by atoms with Crippen LogP contribution in [-0.2, 0) is 0 Å². The Hall–Kier alpha value is -1.60. The summed E-state index contributed by atoms with van der Waals surface area (Å²) in [5.41, 5.74) is 10.6. The second kappa shape index (κ2) is 10.4. The van der Waals surface area contributed by atoms with Crippen LogP contribution in [0.2, 0.25) is 0 Å². The maximum absolute atomic E-state index is 9.75. The molecule has 0 radical (unpaired) electrons. The zero-order chi connectivity index (χ0) is 17.5. The molecule has 0 aliphatic heterocycles. The number of anilines is 1. The molecular weight excluding hydrogens is 425 g/mol. The van der Waals surface area contributed by atoms with E-state index in [0.29, 0.717) is 18.9 Å². The average Bonchev–Trinajstić information content (AvgIpc) is 2.55. The van der Waals surface area contributed by atoms with Crippen molar-refractivity contribution in [1.82, 2.24) is 0 Å². The first-order chi connectivity index (χ1) is 11.5. The Kier molecular flexibility index (Phi) is 8.92. The fourth-order valence-corrected chi connectivity index (χ4v) is 2.67. The summed E-state index contributed by atoms with van der Waals surface area (Å²) in [4.78, 5) is 4.47. The lowest BCUT2D eigenvalue weighted by Crippen LogP contribution is -2.24. The molecule has 2 aromatic carbocycles. The highest BCUT2D eigenvalue weighted by Crippen LogP contribution is 2.22. The standard InChI is InChI=1S/C20H27N3O.HI/c1-14-9-10-19(11-15(14)2)23-20(21)22-13-18(12-16(3)24)17-7-5-4-6-8-17;/h4-11,16,18,24H,12-13H2,1-3H3,(H3,21,22,23);1H. The average molecular weight is 453 g/mol. The van der Waals surface area contributed by atoms with Crippen LogP contribution >= 0.6 is 24.0 Å². The molecule has 136 valence electrons. The Morgan fingerprint density at radius 1 is 1.12 bits per heavy atom. The summed E-state index contributed by atoms with van der Waals surface area (Å²) < 4.78 is 0. The third-order valence-corrected chi connectivity index (χ3v) is 4.16. The number of aryl methyl sites for hydroxylation is 2. The molecule has 0 aliphatic carbocycles. The maximum Gasteiger partial charge on any atom is 0.193 e. The third kappa shape index (κ3) is 7.04. The van der Waals surface area contributed by atoms with E-state index in [4.69, 9.17) is 5.73 Å². The number of nitrogens with zero attached hydrogens (tertiary/aromatic N) is 1. The summed E-state index contributed by atoms with van der Waals surface area (Å²) in [6, 6.07) is 16.2. The van der Waals surface area contributed by atoms with Crippen molar-refractivity contribution in [3.05, 3.63) is 65.2 Å². The zero-order valence-electron chi connectivity index (χ0n) is 15.1. The van der Waals surface area contributed by atoms with Crippen molar-refractivity contribution < 1.29 is 5.11 Å². The number of hydrogen-bond donors (Lipinski definition) is 3. The SMILES string of the molecule is Cc1ccc(NC(N)=NCC(CC(C)O)c2ccccc2)cc1C.I. The molecule has 0 bridgehead atoms. The zero-order valence-corrected chi connectivity index (χ0v) is 17.4. The Balaban J connectivity index is 0.00000312. The van der Waals surface area contributed by atoms with Crippen LogP contribution in [0.25, 0.3) is 0 Å². The van der Waals surface area contributed by atoms with Crippen LogP contribution in [0.1, 0.15) is 36.0 Å². The lowest BCUT2D eigenvalue weighted by Gasteiger charge is -2.17. The van der Waals surface area contributed by atoms with E-state index in [1.54, 1.807) is 6.92 Å². The van der Waals surface area contributed by atoms with Crippen LogP contribution in [0.15, 0.2) is 53.5 Å². The molecule has 0 spiro atoms. The van der Waals surface area contributed by atoms with Gasteiger partial charge in [0, 0.05) is 18.2 Å². The Morgan fingerprint density at radius 3 is 2.40 bits per heavy atom. The predicted octanol–water partition coefficient (Wildman–Crippen LogP) is 4.20. The molecule has 0 aliphatic rings. The number of guanidine groups is 1. The molecule has 5 heteroatoms. The van der Waals surface area contributed by atoms with Crippen LogP contribution in [0, 0.1) is 13.8 Å². The van der Waals surface area contributed by atoms with Crippen LogP contribution in [0.4, 0.5) is 5.69 Å². The lowest BCUT2D eigenvalue weighted by atomic mass is 9.93. The largest absolute Gasteiger partial charge is 0.393 e. The molecule has 0 aromatic heterocycles. The van der Waals surface area contributed by atoms with Gasteiger partial charge in [0.05, 0.1) is 6.10 Å². The Labute approximate surface area is 167 Å². The van der Waals surface area contributed by atoms with E-state index in [0.717, 1.165) is 5.69 Å². The number of nitrogens with two attached hydrogens (primary N) is 1. The summed E-state index contributed by atoms with van der Waals surface area (Å²) in [6.45, 7) is 6.49. The van der Waals surface area contributed by atoms with Gasteiger partial charge in [-0.2, -0.15) is 0 Å². The molecular formula is C20H28IN3O. The maximum atomic E-state index is 9.75. The van der Waals surface area contributed by atoms with E-state index in [9.17, 15) is 5.11 Å². The highest BCUT2D eigenvalue weighted by molar-refractivity contribution is 14.0. The van der Waals surface area contributed by atoms with Crippen LogP contribution in [0.5, 0.6) is 0 Å². The minimum Gasteiger partial charge on any atom is -0.393 e. The summed E-state index contributed by atoms with van der Waals surface area (Å²) >= 11 is 0. The first-order valence-electron chi connectivity index (χ1n) is 8.33. The first kappa shape index (κ1) is 21.4. The van der Waals surface area contributed by atoms with E-state index in [1.165, 1.54) is 16.7 Å². The van der Waals surface area contributed by atoms with Gasteiger partial charge in [-0.1, -0.05) is 36.4 Å². The number of aliphatic hydroxyl groups is 1. The van der Waals surface area contributed by atoms with E-state index in [-0.39, 0.29) is 36.0 Å². The Bertz CT molecular complexity index is 687. The number of benzene rings is 2. The van der Waals surface area contributed by atoms with Crippen LogP contribution in [0.3, 0.4) is 0 Å². The molecule has 0 fully saturated rings. The summed E-state index contributed by atoms with van der Waals surface area (Å²) in [7, 11) is 0. The van der Waals surface area contributed by atoms with Crippen molar-refractivity contribution in [1.29, 1.82) is 0 Å². The van der Waals surface area contributed by atoms with Crippen molar-refractivity contribution in [2.24, 2.45) is 10.7 Å². The highest BCUT2D eigenvalue weighted by Gasteiger charge is 2.14.